The van der Waals surface area contributed by atoms with Crippen LogP contribution in [0.2, 0.25) is 15.1 Å². The van der Waals surface area contributed by atoms with Crippen LogP contribution in [-0.4, -0.2) is 145 Å². The fourth-order valence-electron chi connectivity index (χ4n) is 11.9. The van der Waals surface area contributed by atoms with Gasteiger partial charge in [-0.1, -0.05) is 108 Å². The van der Waals surface area contributed by atoms with Gasteiger partial charge in [0.25, 0.3) is 11.8 Å². The Labute approximate surface area is 602 Å². The van der Waals surface area contributed by atoms with E-state index >= 15 is 13.2 Å². The normalized spacial score (nSPS) is 15.1. The highest BCUT2D eigenvalue weighted by molar-refractivity contribution is 6.31. The minimum atomic E-state index is -1.10. The second-order valence-corrected chi connectivity index (χ2v) is 25.2. The zero-order chi connectivity index (χ0) is 73.1. The summed E-state index contributed by atoms with van der Waals surface area (Å²) in [6.07, 6.45) is 7.32. The second kappa shape index (κ2) is 35.8. The van der Waals surface area contributed by atoms with Crippen molar-refractivity contribution in [2.24, 2.45) is 17.8 Å². The lowest BCUT2D eigenvalue weighted by molar-refractivity contribution is -0.145. The Morgan fingerprint density at radius 3 is 1.14 bits per heavy atom. The molecular weight excluding hydrogens is 1380 g/mol. The van der Waals surface area contributed by atoms with E-state index in [0.29, 0.717) is 127 Å². The number of carboxylic acids is 2. The third-order valence-electron chi connectivity index (χ3n) is 17.3. The van der Waals surface area contributed by atoms with E-state index in [0.717, 1.165) is 30.6 Å². The van der Waals surface area contributed by atoms with Gasteiger partial charge >= 0.3 is 23.9 Å². The number of aliphatic carboxylic acids is 1. The molecule has 0 bridgehead atoms. The zero-order valence-electron chi connectivity index (χ0n) is 56.2. The predicted octanol–water partition coefficient (Wildman–Crippen LogP) is 14.1. The molecule has 530 valence electrons. The first kappa shape index (κ1) is 75.8. The third-order valence-corrected chi connectivity index (χ3v) is 18.0. The average molecular weight is 1450 g/mol. The molecule has 9 aromatic rings. The number of ether oxygens (including phenoxy) is 5. The SMILES string of the molecule is COC(=O)C1CCN(C(=O)c2ccc(Cc3ccc(OC)c(-c4cccc(Cl)c4)c3F)cn2)C1.COC(=O)C1CCNC1.COc1ccc(Cc2ccc(C(=O)N3CCC(C(=O)O)C3)nc2)c(F)c1-c1cccc(Cl)c1.COc1ccc(Cc2ccc(C(=O)O)nc2)c(F)c1-c1cccc(Cl)c1. The molecule has 3 fully saturated rings. The molecule has 12 rings (SSSR count). The molecule has 0 saturated carbocycles. The van der Waals surface area contributed by atoms with Gasteiger partial charge < -0.3 is 49.0 Å². The lowest BCUT2D eigenvalue weighted by atomic mass is 9.97. The van der Waals surface area contributed by atoms with Crippen molar-refractivity contribution in [1.29, 1.82) is 0 Å². The zero-order valence-corrected chi connectivity index (χ0v) is 58.5. The number of pyridine rings is 3. The molecule has 6 heterocycles. The maximum atomic E-state index is 15.5. The number of halogens is 6. The first-order valence-corrected chi connectivity index (χ1v) is 33.3. The van der Waals surface area contributed by atoms with Crippen LogP contribution in [0, 0.1) is 35.2 Å². The number of esters is 2. The summed E-state index contributed by atoms with van der Waals surface area (Å²) in [6.45, 7) is 3.10. The molecule has 3 unspecified atom stereocenters. The van der Waals surface area contributed by atoms with Crippen LogP contribution in [0.5, 0.6) is 17.2 Å². The summed E-state index contributed by atoms with van der Waals surface area (Å²) in [5.41, 5.74) is 6.90. The van der Waals surface area contributed by atoms with Gasteiger partial charge in [-0.05, 0) is 149 Å². The molecule has 102 heavy (non-hydrogen) atoms. The van der Waals surface area contributed by atoms with Gasteiger partial charge in [0.05, 0.1) is 70.0 Å². The van der Waals surface area contributed by atoms with Crippen LogP contribution in [0.1, 0.15) is 84.1 Å². The summed E-state index contributed by atoms with van der Waals surface area (Å²) in [5, 5.41) is 22.6. The Morgan fingerprint density at radius 1 is 0.471 bits per heavy atom. The van der Waals surface area contributed by atoms with E-state index in [4.69, 9.17) is 64.0 Å². The lowest BCUT2D eigenvalue weighted by Crippen LogP contribution is -2.30. The third kappa shape index (κ3) is 19.2. The molecule has 2 amide bonds. The number of methoxy groups -OCH3 is 5. The van der Waals surface area contributed by atoms with E-state index < -0.39 is 35.3 Å². The molecule has 3 atom stereocenters. The van der Waals surface area contributed by atoms with E-state index in [2.05, 4.69) is 25.0 Å². The number of carboxylic acid groups (broad SMARTS) is 2. The molecule has 3 N–H and O–H groups in total. The van der Waals surface area contributed by atoms with E-state index in [1.54, 1.807) is 157 Å². The maximum absolute atomic E-state index is 15.5. The first-order valence-electron chi connectivity index (χ1n) is 32.2. The van der Waals surface area contributed by atoms with Gasteiger partial charge in [0.2, 0.25) is 0 Å². The van der Waals surface area contributed by atoms with Crippen LogP contribution in [-0.2, 0) is 43.1 Å². The lowest BCUT2D eigenvalue weighted by Gasteiger charge is -2.16. The van der Waals surface area contributed by atoms with Crippen LogP contribution < -0.4 is 19.5 Å². The van der Waals surface area contributed by atoms with Crippen molar-refractivity contribution in [3.63, 3.8) is 0 Å². The number of aromatic nitrogens is 3. The van der Waals surface area contributed by atoms with Crippen LogP contribution in [0.4, 0.5) is 13.2 Å². The van der Waals surface area contributed by atoms with Crippen molar-refractivity contribution >= 4 is 70.5 Å². The Hall–Kier alpha value is -10.4. The monoisotopic (exact) mass is 1450 g/mol. The van der Waals surface area contributed by atoms with Gasteiger partial charge in [-0.25, -0.2) is 22.9 Å². The minimum Gasteiger partial charge on any atom is -0.496 e. The standard InChI is InChI=1S/C26H24ClFN2O4.C25H22ClFN2O4.C20H15ClFNO3.C6H11NO2/c1-33-22-9-7-18(24(28)23(22)17-4-3-5-20(27)13-17)12-16-6-8-21(29-14-16)25(31)30-11-10-19(15-30)26(32)34-2;1-33-21-8-6-17(23(27)22(21)16-3-2-4-19(26)12-16)11-15-5-7-20(28-13-15)24(30)29-10-9-18(14-29)25(31)32;1-26-17-8-6-14(9-12-5-7-16(20(24)25)23-11-12)19(22)18(17)13-3-2-4-15(21)10-13;1-9-6(8)5-2-3-7-4-5/h3-9,13-14,19H,10-12,15H2,1-2H3;2-8,12-13,18H,9-11,14H2,1H3,(H,31,32);2-8,10-11H,9H2,1H3,(H,24,25);5,7H,2-4H2,1H3. The van der Waals surface area contributed by atoms with Crippen molar-refractivity contribution < 1.29 is 75.8 Å². The largest absolute Gasteiger partial charge is 0.496 e. The summed E-state index contributed by atoms with van der Waals surface area (Å²) < 4.78 is 71.6. The Balaban J connectivity index is 0.000000168. The summed E-state index contributed by atoms with van der Waals surface area (Å²) in [7, 11) is 7.24. The van der Waals surface area contributed by atoms with Crippen LogP contribution >= 0.6 is 34.8 Å². The summed E-state index contributed by atoms with van der Waals surface area (Å²) in [5.74, 6) is -3.65. The molecule has 0 aliphatic carbocycles. The Bertz CT molecular complexity index is 4490. The van der Waals surface area contributed by atoms with Crippen molar-refractivity contribution in [2.45, 2.75) is 38.5 Å². The van der Waals surface area contributed by atoms with Crippen molar-refractivity contribution in [3.8, 4) is 50.6 Å². The molecule has 25 heteroatoms. The molecule has 0 spiro atoms. The number of hydrogen-bond acceptors (Lipinski definition) is 15. The van der Waals surface area contributed by atoms with Gasteiger partial charge in [0.1, 0.15) is 51.8 Å². The number of nitrogens with one attached hydrogen (secondary N) is 1. The minimum absolute atomic E-state index is 0.0523. The summed E-state index contributed by atoms with van der Waals surface area (Å²) >= 11 is 18.2. The molecular formula is C77H72Cl3F3N6O13. The molecule has 19 nitrogen and oxygen atoms in total. The van der Waals surface area contributed by atoms with Gasteiger partial charge in [0, 0.05) is 85.6 Å². The van der Waals surface area contributed by atoms with Crippen LogP contribution in [0.25, 0.3) is 33.4 Å². The summed E-state index contributed by atoms with van der Waals surface area (Å²) in [4.78, 5) is 85.3. The average Bonchev–Trinajstić information content (AvgIpc) is 1.18. The number of hydrogen-bond donors (Lipinski definition) is 3. The summed E-state index contributed by atoms with van der Waals surface area (Å²) in [6, 6.07) is 40.7. The van der Waals surface area contributed by atoms with Gasteiger partial charge in [-0.15, -0.1) is 0 Å². The van der Waals surface area contributed by atoms with Crippen molar-refractivity contribution in [3.05, 3.63) is 247 Å². The predicted molar refractivity (Wildman–Crippen MR) is 379 cm³/mol. The quantitative estimate of drug-likeness (QED) is 0.0676. The van der Waals surface area contributed by atoms with Crippen molar-refractivity contribution in [1.82, 2.24) is 30.1 Å². The number of amides is 2. The van der Waals surface area contributed by atoms with Gasteiger partial charge in [-0.3, -0.25) is 33.9 Å². The highest BCUT2D eigenvalue weighted by Gasteiger charge is 2.34. The van der Waals surface area contributed by atoms with Crippen LogP contribution in [0.15, 0.2) is 164 Å². The Kier molecular flexibility index (Phi) is 26.6. The number of rotatable bonds is 18. The van der Waals surface area contributed by atoms with Gasteiger partial charge in [-0.2, -0.15) is 0 Å². The number of carbonyl (C=O) groups excluding carboxylic acids is 4. The van der Waals surface area contributed by atoms with Gasteiger partial charge in [0.15, 0.2) is 0 Å². The molecule has 3 aromatic heterocycles. The molecule has 3 saturated heterocycles. The number of likely N-dealkylation sites (tertiary alicyclic amines) is 2. The highest BCUT2D eigenvalue weighted by atomic mass is 35.5. The number of nitrogens with zero attached hydrogens (tertiary/aromatic N) is 5. The fraction of sp³-hybridized carbons (Fsp3) is 0.260. The smallest absolute Gasteiger partial charge is 0.354 e. The molecule has 3 aliphatic heterocycles. The number of carbonyl (C=O) groups is 6. The Morgan fingerprint density at radius 2 is 0.833 bits per heavy atom. The van der Waals surface area contributed by atoms with E-state index in [1.165, 1.54) is 52.7 Å². The maximum Gasteiger partial charge on any atom is 0.354 e. The molecule has 6 aromatic carbocycles. The first-order chi connectivity index (χ1) is 49.1. The fourth-order valence-corrected chi connectivity index (χ4v) is 12.5. The second-order valence-electron chi connectivity index (χ2n) is 23.9. The highest BCUT2D eigenvalue weighted by Crippen LogP contribution is 2.40. The number of aromatic carboxylic acids is 1. The van der Waals surface area contributed by atoms with Crippen molar-refractivity contribution in [2.75, 3.05) is 74.8 Å². The van der Waals surface area contributed by atoms with E-state index in [-0.39, 0.29) is 72.1 Å². The number of benzene rings is 6. The molecule has 0 radical (unpaired) electrons. The van der Waals surface area contributed by atoms with E-state index in [1.807, 2.05) is 0 Å². The molecule has 3 aliphatic rings. The van der Waals surface area contributed by atoms with Crippen LogP contribution in [0.3, 0.4) is 0 Å². The topological polar surface area (TPSA) is 246 Å². The van der Waals surface area contributed by atoms with E-state index in [9.17, 15) is 28.8 Å².